The molecule has 0 spiro atoms. The van der Waals surface area contributed by atoms with Crippen molar-refractivity contribution in [2.24, 2.45) is 5.92 Å². The summed E-state index contributed by atoms with van der Waals surface area (Å²) in [5, 5.41) is 3.40. The van der Waals surface area contributed by atoms with Gasteiger partial charge in [-0.3, -0.25) is 0 Å². The second-order valence-corrected chi connectivity index (χ2v) is 4.99. The lowest BCUT2D eigenvalue weighted by Crippen LogP contribution is -2.33. The Labute approximate surface area is 106 Å². The molecule has 0 amide bonds. The summed E-state index contributed by atoms with van der Waals surface area (Å²) >= 11 is 0. The summed E-state index contributed by atoms with van der Waals surface area (Å²) in [4.78, 5) is 2.42. The molecule has 1 aromatic rings. The van der Waals surface area contributed by atoms with Gasteiger partial charge >= 0.3 is 0 Å². The van der Waals surface area contributed by atoms with Crippen molar-refractivity contribution in [3.63, 3.8) is 0 Å². The van der Waals surface area contributed by atoms with Crippen LogP contribution in [0.2, 0.25) is 0 Å². The van der Waals surface area contributed by atoms with Crippen LogP contribution < -0.4 is 5.32 Å². The van der Waals surface area contributed by atoms with Crippen LogP contribution in [0.15, 0.2) is 30.3 Å². The zero-order valence-corrected chi connectivity index (χ0v) is 11.6. The third kappa shape index (κ3) is 4.88. The molecular weight excluding hydrogens is 208 g/mol. The molecular formula is C15H26N2. The Morgan fingerprint density at radius 1 is 1.18 bits per heavy atom. The molecule has 2 atom stereocenters. The van der Waals surface area contributed by atoms with Crippen LogP contribution in [-0.2, 0) is 0 Å². The zero-order valence-electron chi connectivity index (χ0n) is 11.6. The van der Waals surface area contributed by atoms with Crippen molar-refractivity contribution in [3.05, 3.63) is 35.9 Å². The zero-order chi connectivity index (χ0) is 12.7. The van der Waals surface area contributed by atoms with Crippen molar-refractivity contribution < 1.29 is 0 Å². The molecule has 0 heterocycles. The molecule has 0 fully saturated rings. The average molecular weight is 234 g/mol. The lowest BCUT2D eigenvalue weighted by molar-refractivity contribution is 0.256. The normalized spacial score (nSPS) is 14.9. The van der Waals surface area contributed by atoms with E-state index in [0.717, 1.165) is 12.5 Å². The Balaban J connectivity index is 2.52. The van der Waals surface area contributed by atoms with E-state index >= 15 is 0 Å². The highest BCUT2D eigenvalue weighted by Gasteiger charge is 2.12. The maximum atomic E-state index is 3.40. The number of likely N-dealkylation sites (N-methyl/N-ethyl adjacent to an activating group) is 2. The largest absolute Gasteiger partial charge is 0.312 e. The van der Waals surface area contributed by atoms with E-state index in [1.807, 2.05) is 7.05 Å². The lowest BCUT2D eigenvalue weighted by Gasteiger charge is -2.26. The molecule has 2 heteroatoms. The molecule has 0 aromatic heterocycles. The van der Waals surface area contributed by atoms with E-state index in [1.54, 1.807) is 0 Å². The summed E-state index contributed by atoms with van der Waals surface area (Å²) in [5.41, 5.74) is 1.37. The third-order valence-corrected chi connectivity index (χ3v) is 3.36. The molecule has 0 aliphatic heterocycles. The highest BCUT2D eigenvalue weighted by molar-refractivity contribution is 5.19. The van der Waals surface area contributed by atoms with Crippen molar-refractivity contribution in [1.82, 2.24) is 10.2 Å². The van der Waals surface area contributed by atoms with E-state index in [2.05, 4.69) is 61.4 Å². The number of nitrogens with one attached hydrogen (secondary N) is 1. The molecule has 2 nitrogen and oxygen atoms in total. The van der Waals surface area contributed by atoms with E-state index in [-0.39, 0.29) is 0 Å². The number of hydrogen-bond donors (Lipinski definition) is 1. The van der Waals surface area contributed by atoms with Crippen molar-refractivity contribution in [2.75, 3.05) is 27.2 Å². The van der Waals surface area contributed by atoms with Gasteiger partial charge in [-0.25, -0.2) is 0 Å². The van der Waals surface area contributed by atoms with Gasteiger partial charge in [0.25, 0.3) is 0 Å². The molecule has 0 aliphatic rings. The second-order valence-electron chi connectivity index (χ2n) is 4.99. The lowest BCUT2D eigenvalue weighted by atomic mass is 10.1. The van der Waals surface area contributed by atoms with Gasteiger partial charge in [-0.05, 0) is 25.6 Å². The summed E-state index contributed by atoms with van der Waals surface area (Å²) in [6.45, 7) is 6.80. The van der Waals surface area contributed by atoms with Gasteiger partial charge in [-0.15, -0.1) is 0 Å². The first kappa shape index (κ1) is 14.2. The van der Waals surface area contributed by atoms with Crippen molar-refractivity contribution in [1.29, 1.82) is 0 Å². The number of rotatable bonds is 7. The maximum absolute atomic E-state index is 3.40. The van der Waals surface area contributed by atoms with Gasteiger partial charge in [0.1, 0.15) is 0 Å². The number of nitrogens with zero attached hydrogens (tertiary/aromatic N) is 1. The van der Waals surface area contributed by atoms with Crippen LogP contribution in [-0.4, -0.2) is 32.1 Å². The monoisotopic (exact) mass is 234 g/mol. The molecule has 1 rings (SSSR count). The first-order chi connectivity index (χ1) is 8.17. The van der Waals surface area contributed by atoms with Crippen LogP contribution in [0.4, 0.5) is 0 Å². The minimum absolute atomic E-state index is 0.422. The highest BCUT2D eigenvalue weighted by Crippen LogP contribution is 2.14. The maximum Gasteiger partial charge on any atom is 0.0446 e. The Hall–Kier alpha value is -0.860. The average Bonchev–Trinajstić information content (AvgIpc) is 2.36. The Kier molecular flexibility index (Phi) is 6.23. The molecule has 1 N–H and O–H groups in total. The molecule has 0 aliphatic carbocycles. The number of benzene rings is 1. The summed E-state index contributed by atoms with van der Waals surface area (Å²) < 4.78 is 0. The summed E-state index contributed by atoms with van der Waals surface area (Å²) in [7, 11) is 4.24. The molecule has 2 unspecified atom stereocenters. The van der Waals surface area contributed by atoms with Gasteiger partial charge in [-0.1, -0.05) is 50.6 Å². The van der Waals surface area contributed by atoms with E-state index in [4.69, 9.17) is 0 Å². The van der Waals surface area contributed by atoms with Crippen molar-refractivity contribution in [3.8, 4) is 0 Å². The molecule has 96 valence electrons. The topological polar surface area (TPSA) is 15.3 Å². The molecule has 0 saturated heterocycles. The van der Waals surface area contributed by atoms with Crippen LogP contribution in [0, 0.1) is 5.92 Å². The van der Waals surface area contributed by atoms with Crippen LogP contribution in [0.3, 0.4) is 0 Å². The Morgan fingerprint density at radius 3 is 2.35 bits per heavy atom. The van der Waals surface area contributed by atoms with Crippen LogP contribution >= 0.6 is 0 Å². The number of hydrogen-bond acceptors (Lipinski definition) is 2. The molecule has 0 saturated carbocycles. The van der Waals surface area contributed by atoms with E-state index in [0.29, 0.717) is 6.04 Å². The van der Waals surface area contributed by atoms with Crippen LogP contribution in [0.25, 0.3) is 0 Å². The fourth-order valence-electron chi connectivity index (χ4n) is 2.10. The van der Waals surface area contributed by atoms with Crippen molar-refractivity contribution in [2.45, 2.75) is 26.3 Å². The van der Waals surface area contributed by atoms with Gasteiger partial charge in [0.05, 0.1) is 0 Å². The first-order valence-electron chi connectivity index (χ1n) is 6.58. The fraction of sp³-hybridized carbons (Fsp3) is 0.600. The Bertz CT molecular complexity index is 297. The van der Waals surface area contributed by atoms with Crippen LogP contribution in [0.5, 0.6) is 0 Å². The molecule has 0 bridgehead atoms. The SMILES string of the molecule is CCC(C)CN(C)CC(NC)c1ccccc1. The predicted octanol–water partition coefficient (Wildman–Crippen LogP) is 2.93. The fourth-order valence-corrected chi connectivity index (χ4v) is 2.10. The predicted molar refractivity (Wildman–Crippen MR) is 75.2 cm³/mol. The molecule has 0 radical (unpaired) electrons. The van der Waals surface area contributed by atoms with Gasteiger partial charge in [-0.2, -0.15) is 0 Å². The second kappa shape index (κ2) is 7.46. The first-order valence-corrected chi connectivity index (χ1v) is 6.58. The minimum atomic E-state index is 0.422. The molecule has 17 heavy (non-hydrogen) atoms. The van der Waals surface area contributed by atoms with Gasteiger partial charge in [0, 0.05) is 19.1 Å². The van der Waals surface area contributed by atoms with Gasteiger partial charge in [0.2, 0.25) is 0 Å². The minimum Gasteiger partial charge on any atom is -0.312 e. The summed E-state index contributed by atoms with van der Waals surface area (Å²) in [6, 6.07) is 11.1. The summed E-state index contributed by atoms with van der Waals surface area (Å²) in [5.74, 6) is 0.772. The van der Waals surface area contributed by atoms with E-state index in [9.17, 15) is 0 Å². The van der Waals surface area contributed by atoms with E-state index < -0.39 is 0 Å². The van der Waals surface area contributed by atoms with Crippen molar-refractivity contribution >= 4 is 0 Å². The van der Waals surface area contributed by atoms with Crippen LogP contribution in [0.1, 0.15) is 31.9 Å². The van der Waals surface area contributed by atoms with E-state index in [1.165, 1.54) is 18.5 Å². The third-order valence-electron chi connectivity index (χ3n) is 3.36. The Morgan fingerprint density at radius 2 is 1.82 bits per heavy atom. The highest BCUT2D eigenvalue weighted by atomic mass is 15.1. The quantitative estimate of drug-likeness (QED) is 0.780. The van der Waals surface area contributed by atoms with Gasteiger partial charge < -0.3 is 10.2 Å². The standard InChI is InChI=1S/C15H26N2/c1-5-13(2)11-17(4)12-15(16-3)14-9-7-6-8-10-14/h6-10,13,15-16H,5,11-12H2,1-4H3. The molecule has 1 aromatic carbocycles. The summed E-state index contributed by atoms with van der Waals surface area (Å²) in [6.07, 6.45) is 1.25. The smallest absolute Gasteiger partial charge is 0.0446 e. The van der Waals surface area contributed by atoms with Gasteiger partial charge in [0.15, 0.2) is 0 Å².